The van der Waals surface area contributed by atoms with Crippen LogP contribution in [0.1, 0.15) is 18.1 Å². The van der Waals surface area contributed by atoms with Gasteiger partial charge in [-0.25, -0.2) is 4.98 Å². The van der Waals surface area contributed by atoms with E-state index in [1.165, 1.54) is 21.9 Å². The molecule has 4 rings (SSSR count). The molecule has 0 saturated carbocycles. The van der Waals surface area contributed by atoms with Gasteiger partial charge in [0.25, 0.3) is 5.91 Å². The highest BCUT2D eigenvalue weighted by Crippen LogP contribution is 2.30. The highest BCUT2D eigenvalue weighted by molar-refractivity contribution is 7.14. The van der Waals surface area contributed by atoms with E-state index in [0.29, 0.717) is 16.5 Å². The van der Waals surface area contributed by atoms with Gasteiger partial charge >= 0.3 is 0 Å². The van der Waals surface area contributed by atoms with Crippen molar-refractivity contribution in [3.05, 3.63) is 65.0 Å². The average Bonchev–Trinajstić information content (AvgIpc) is 3.27. The summed E-state index contributed by atoms with van der Waals surface area (Å²) < 4.78 is 0. The fourth-order valence-corrected chi connectivity index (χ4v) is 3.57. The van der Waals surface area contributed by atoms with Crippen LogP contribution in [0.15, 0.2) is 69.2 Å². The van der Waals surface area contributed by atoms with E-state index in [9.17, 15) is 4.79 Å². The summed E-state index contributed by atoms with van der Waals surface area (Å²) in [6.07, 6.45) is 0. The summed E-state index contributed by atoms with van der Waals surface area (Å²) in [7, 11) is 0. The minimum atomic E-state index is -0.715. The number of rotatable bonds is 4. The number of aromatic nitrogens is 1. The highest BCUT2D eigenvalue weighted by Gasteiger charge is 2.36. The number of azo groups is 1. The van der Waals surface area contributed by atoms with Gasteiger partial charge in [0.2, 0.25) is 5.13 Å². The minimum absolute atomic E-state index is 0.238. The Kier molecular flexibility index (Phi) is 4.83. The molecule has 0 unspecified atom stereocenters. The van der Waals surface area contributed by atoms with E-state index in [1.54, 1.807) is 6.92 Å². The zero-order chi connectivity index (χ0) is 19.7. The largest absolute Gasteiger partial charge is 0.282 e. The van der Waals surface area contributed by atoms with Crippen molar-refractivity contribution >= 4 is 33.8 Å². The van der Waals surface area contributed by atoms with Crippen molar-refractivity contribution in [2.45, 2.75) is 26.8 Å². The van der Waals surface area contributed by atoms with Crippen molar-refractivity contribution in [1.29, 1.82) is 0 Å². The summed E-state index contributed by atoms with van der Waals surface area (Å²) in [5.74, 6) is -0.238. The number of hydrogen-bond acceptors (Lipinski definition) is 6. The maximum atomic E-state index is 12.8. The molecule has 0 spiro atoms. The molecule has 28 heavy (non-hydrogen) atoms. The number of carbonyl (C=O) groups is 1. The number of hydrogen-bond donors (Lipinski definition) is 0. The van der Waals surface area contributed by atoms with Gasteiger partial charge in [-0.1, -0.05) is 47.5 Å². The quantitative estimate of drug-likeness (QED) is 0.568. The van der Waals surface area contributed by atoms with Crippen molar-refractivity contribution < 1.29 is 4.79 Å². The third kappa shape index (κ3) is 3.61. The maximum Gasteiger partial charge on any atom is 0.282 e. The molecule has 1 aliphatic heterocycles. The van der Waals surface area contributed by atoms with E-state index in [0.717, 1.165) is 16.8 Å². The molecule has 0 aliphatic carbocycles. The van der Waals surface area contributed by atoms with Crippen molar-refractivity contribution in [2.75, 3.05) is 5.01 Å². The summed E-state index contributed by atoms with van der Waals surface area (Å²) in [5.41, 5.74) is 5.49. The molecule has 2 heterocycles. The third-order valence-electron chi connectivity index (χ3n) is 4.44. The first-order valence-corrected chi connectivity index (χ1v) is 9.78. The molecule has 0 bridgehead atoms. The number of hydrazone groups is 1. The van der Waals surface area contributed by atoms with Gasteiger partial charge < -0.3 is 0 Å². The van der Waals surface area contributed by atoms with Gasteiger partial charge in [0.15, 0.2) is 6.04 Å². The van der Waals surface area contributed by atoms with E-state index >= 15 is 0 Å². The number of anilines is 1. The second-order valence-electron chi connectivity index (χ2n) is 6.73. The number of benzene rings is 2. The van der Waals surface area contributed by atoms with Crippen LogP contribution in [0, 0.1) is 13.8 Å². The summed E-state index contributed by atoms with van der Waals surface area (Å²) in [5, 5.41) is 16.6. The molecule has 2 aromatic carbocycles. The standard InChI is InChI=1S/C21H19N5OS/c1-13-4-8-16(9-5-13)18-12-28-21(22-18)26-20(27)19(15(3)25-26)24-23-17-10-6-14(2)7-11-17/h4-12,19H,1-3H3/t19-/m1/s1. The highest BCUT2D eigenvalue weighted by atomic mass is 32.1. The summed E-state index contributed by atoms with van der Waals surface area (Å²) >= 11 is 1.38. The van der Waals surface area contributed by atoms with Gasteiger partial charge in [-0.3, -0.25) is 4.79 Å². The van der Waals surface area contributed by atoms with Gasteiger partial charge in [0, 0.05) is 10.9 Å². The molecule has 7 heteroatoms. The predicted octanol–water partition coefficient (Wildman–Crippen LogP) is 5.30. The Labute approximate surface area is 167 Å². The van der Waals surface area contributed by atoms with Crippen LogP contribution >= 0.6 is 11.3 Å². The van der Waals surface area contributed by atoms with Crippen molar-refractivity contribution in [3.63, 3.8) is 0 Å². The van der Waals surface area contributed by atoms with E-state index in [1.807, 2.05) is 67.8 Å². The molecule has 1 amide bonds. The lowest BCUT2D eigenvalue weighted by Crippen LogP contribution is -2.29. The predicted molar refractivity (Wildman–Crippen MR) is 112 cm³/mol. The lowest BCUT2D eigenvalue weighted by atomic mass is 10.1. The monoisotopic (exact) mass is 389 g/mol. The van der Waals surface area contributed by atoms with Gasteiger partial charge in [0.05, 0.1) is 17.1 Å². The molecular formula is C21H19N5OS. The molecule has 6 nitrogen and oxygen atoms in total. The fraction of sp³-hybridized carbons (Fsp3) is 0.190. The SMILES string of the molecule is CC1=NN(c2nc(-c3ccc(C)cc3)cs2)C(=O)[C@@H]1N=Nc1ccc(C)cc1. The van der Waals surface area contributed by atoms with Crippen LogP contribution in [0.5, 0.6) is 0 Å². The normalized spacial score (nSPS) is 16.8. The van der Waals surface area contributed by atoms with Crippen LogP contribution in [-0.2, 0) is 4.79 Å². The van der Waals surface area contributed by atoms with Crippen LogP contribution in [0.4, 0.5) is 10.8 Å². The first-order chi connectivity index (χ1) is 13.5. The van der Waals surface area contributed by atoms with E-state index in [4.69, 9.17) is 0 Å². The Bertz CT molecular complexity index is 1070. The molecule has 140 valence electrons. The lowest BCUT2D eigenvalue weighted by molar-refractivity contribution is -0.117. The Morgan fingerprint density at radius 1 is 0.964 bits per heavy atom. The van der Waals surface area contributed by atoms with Crippen molar-refractivity contribution in [2.24, 2.45) is 15.3 Å². The van der Waals surface area contributed by atoms with Gasteiger partial charge in [-0.2, -0.15) is 20.3 Å². The summed E-state index contributed by atoms with van der Waals surface area (Å²) in [4.78, 5) is 17.4. The third-order valence-corrected chi connectivity index (χ3v) is 5.26. The van der Waals surface area contributed by atoms with E-state index in [-0.39, 0.29) is 5.91 Å². The summed E-state index contributed by atoms with van der Waals surface area (Å²) in [6, 6.07) is 15.1. The number of aryl methyl sites for hydroxylation is 2. The Morgan fingerprint density at radius 3 is 2.29 bits per heavy atom. The average molecular weight is 389 g/mol. The van der Waals surface area contributed by atoms with Crippen LogP contribution in [0.2, 0.25) is 0 Å². The summed E-state index contributed by atoms with van der Waals surface area (Å²) in [6.45, 7) is 5.84. The molecule has 3 aromatic rings. The van der Waals surface area contributed by atoms with E-state index in [2.05, 4.69) is 20.3 Å². The molecule has 0 saturated heterocycles. The molecule has 1 aliphatic rings. The van der Waals surface area contributed by atoms with Crippen LogP contribution in [0.25, 0.3) is 11.3 Å². The van der Waals surface area contributed by atoms with Crippen molar-refractivity contribution in [3.8, 4) is 11.3 Å². The minimum Gasteiger partial charge on any atom is -0.269 e. The Morgan fingerprint density at radius 2 is 1.61 bits per heavy atom. The molecule has 0 N–H and O–H groups in total. The topological polar surface area (TPSA) is 70.3 Å². The Balaban J connectivity index is 1.53. The Hall–Kier alpha value is -3.19. The van der Waals surface area contributed by atoms with E-state index < -0.39 is 6.04 Å². The zero-order valence-corrected chi connectivity index (χ0v) is 16.6. The number of nitrogens with zero attached hydrogens (tertiary/aromatic N) is 5. The molecule has 0 radical (unpaired) electrons. The van der Waals surface area contributed by atoms with Gasteiger partial charge in [-0.15, -0.1) is 11.3 Å². The number of carbonyl (C=O) groups excluding carboxylic acids is 1. The molecule has 0 fully saturated rings. The molecule has 1 aromatic heterocycles. The second kappa shape index (κ2) is 7.44. The molecule has 1 atom stereocenters. The van der Waals surface area contributed by atoms with Crippen LogP contribution in [0.3, 0.4) is 0 Å². The van der Waals surface area contributed by atoms with Crippen LogP contribution < -0.4 is 5.01 Å². The fourth-order valence-electron chi connectivity index (χ4n) is 2.78. The smallest absolute Gasteiger partial charge is 0.269 e. The first-order valence-electron chi connectivity index (χ1n) is 8.90. The lowest BCUT2D eigenvalue weighted by Gasteiger charge is -2.08. The first kappa shape index (κ1) is 18.2. The number of amides is 1. The van der Waals surface area contributed by atoms with Gasteiger partial charge in [-0.05, 0) is 32.9 Å². The zero-order valence-electron chi connectivity index (χ0n) is 15.8. The van der Waals surface area contributed by atoms with Gasteiger partial charge in [0.1, 0.15) is 0 Å². The second-order valence-corrected chi connectivity index (χ2v) is 7.56. The maximum absolute atomic E-state index is 12.8. The molecular weight excluding hydrogens is 370 g/mol. The number of thiazole rings is 1. The van der Waals surface area contributed by atoms with Crippen molar-refractivity contribution in [1.82, 2.24) is 4.98 Å². The van der Waals surface area contributed by atoms with Crippen LogP contribution in [-0.4, -0.2) is 22.6 Å².